The summed E-state index contributed by atoms with van der Waals surface area (Å²) in [5.74, 6) is 1.61. The van der Waals surface area contributed by atoms with E-state index in [1.807, 2.05) is 32.0 Å². The quantitative estimate of drug-likeness (QED) is 0.777. The molecular weight excluding hydrogens is 206 g/mol. The van der Waals surface area contributed by atoms with E-state index in [0.29, 0.717) is 13.4 Å². The third-order valence-corrected chi connectivity index (χ3v) is 2.25. The normalized spacial score (nSPS) is 13.2. The molecule has 0 radical (unpaired) electrons. The number of ether oxygens (including phenoxy) is 3. The molecule has 1 aromatic rings. The van der Waals surface area contributed by atoms with Crippen LogP contribution in [0.25, 0.3) is 0 Å². The lowest BCUT2D eigenvalue weighted by Gasteiger charge is -2.09. The van der Waals surface area contributed by atoms with Crippen LogP contribution in [0.1, 0.15) is 13.8 Å². The molecule has 0 saturated heterocycles. The summed E-state index contributed by atoms with van der Waals surface area (Å²) in [6.07, 6.45) is 0.276. The Hall–Kier alpha value is -1.42. The van der Waals surface area contributed by atoms with Gasteiger partial charge in [0.05, 0.1) is 12.7 Å². The zero-order valence-corrected chi connectivity index (χ0v) is 9.66. The second kappa shape index (κ2) is 5.07. The number of rotatable bonds is 5. The van der Waals surface area contributed by atoms with Gasteiger partial charge in [-0.1, -0.05) is 0 Å². The monoisotopic (exact) mass is 223 g/mol. The molecule has 0 atom stereocenters. The van der Waals surface area contributed by atoms with Gasteiger partial charge in [-0.15, -0.1) is 0 Å². The van der Waals surface area contributed by atoms with Crippen LogP contribution in [-0.4, -0.2) is 26.0 Å². The summed E-state index contributed by atoms with van der Waals surface area (Å²) in [5, 5.41) is 3.27. The molecule has 0 fully saturated rings. The van der Waals surface area contributed by atoms with Gasteiger partial charge < -0.3 is 19.5 Å². The second-order valence-electron chi connectivity index (χ2n) is 3.91. The van der Waals surface area contributed by atoms with Crippen molar-refractivity contribution in [2.24, 2.45) is 0 Å². The molecule has 1 aromatic carbocycles. The van der Waals surface area contributed by atoms with Crippen LogP contribution in [0.15, 0.2) is 18.2 Å². The van der Waals surface area contributed by atoms with Gasteiger partial charge in [0.25, 0.3) is 0 Å². The van der Waals surface area contributed by atoms with Gasteiger partial charge in [-0.3, -0.25) is 0 Å². The molecule has 0 saturated carbocycles. The van der Waals surface area contributed by atoms with Crippen LogP contribution in [0.4, 0.5) is 5.69 Å². The van der Waals surface area contributed by atoms with E-state index in [-0.39, 0.29) is 6.10 Å². The minimum absolute atomic E-state index is 0.276. The van der Waals surface area contributed by atoms with Crippen molar-refractivity contribution in [2.45, 2.75) is 20.0 Å². The van der Waals surface area contributed by atoms with E-state index in [0.717, 1.165) is 23.7 Å². The standard InChI is InChI=1S/C12H17NO3/c1-9(2)14-6-5-13-10-3-4-11-12(7-10)16-8-15-11/h3-4,7,9,13H,5-6,8H2,1-2H3. The number of nitrogens with one attached hydrogen (secondary N) is 1. The average Bonchev–Trinajstić information content (AvgIpc) is 2.71. The molecule has 1 N–H and O–H groups in total. The van der Waals surface area contributed by atoms with Crippen molar-refractivity contribution in [1.29, 1.82) is 0 Å². The van der Waals surface area contributed by atoms with Crippen molar-refractivity contribution in [1.82, 2.24) is 0 Å². The van der Waals surface area contributed by atoms with Crippen LogP contribution in [0.3, 0.4) is 0 Å². The van der Waals surface area contributed by atoms with Gasteiger partial charge in [0.1, 0.15) is 0 Å². The number of hydrogen-bond acceptors (Lipinski definition) is 4. The van der Waals surface area contributed by atoms with E-state index in [9.17, 15) is 0 Å². The highest BCUT2D eigenvalue weighted by atomic mass is 16.7. The molecule has 4 nitrogen and oxygen atoms in total. The molecule has 16 heavy (non-hydrogen) atoms. The molecule has 4 heteroatoms. The Kier molecular flexibility index (Phi) is 3.51. The zero-order chi connectivity index (χ0) is 11.4. The lowest BCUT2D eigenvalue weighted by molar-refractivity contribution is 0.0870. The first-order chi connectivity index (χ1) is 7.75. The minimum Gasteiger partial charge on any atom is -0.454 e. The molecule has 0 unspecified atom stereocenters. The maximum atomic E-state index is 5.44. The van der Waals surface area contributed by atoms with E-state index < -0.39 is 0 Å². The van der Waals surface area contributed by atoms with E-state index in [1.54, 1.807) is 0 Å². The molecule has 0 spiro atoms. The molecule has 1 aliphatic heterocycles. The summed E-state index contributed by atoms with van der Waals surface area (Å²) in [7, 11) is 0. The molecular formula is C12H17NO3. The summed E-state index contributed by atoms with van der Waals surface area (Å²) >= 11 is 0. The van der Waals surface area contributed by atoms with Gasteiger partial charge in [0.2, 0.25) is 6.79 Å². The molecule has 88 valence electrons. The molecule has 0 amide bonds. The molecule has 1 aliphatic rings. The molecule has 2 rings (SSSR count). The smallest absolute Gasteiger partial charge is 0.231 e. The first kappa shape index (κ1) is 11.1. The summed E-state index contributed by atoms with van der Waals surface area (Å²) < 4.78 is 16.0. The molecule has 0 aliphatic carbocycles. The van der Waals surface area contributed by atoms with Crippen LogP contribution < -0.4 is 14.8 Å². The van der Waals surface area contributed by atoms with Gasteiger partial charge in [-0.2, -0.15) is 0 Å². The predicted molar refractivity (Wildman–Crippen MR) is 62.1 cm³/mol. The molecule has 0 bridgehead atoms. The first-order valence-electron chi connectivity index (χ1n) is 5.51. The Labute approximate surface area is 95.5 Å². The summed E-state index contributed by atoms with van der Waals surface area (Å²) in [6, 6.07) is 5.83. The summed E-state index contributed by atoms with van der Waals surface area (Å²) in [4.78, 5) is 0. The highest BCUT2D eigenvalue weighted by molar-refractivity contribution is 5.55. The van der Waals surface area contributed by atoms with E-state index >= 15 is 0 Å². The average molecular weight is 223 g/mol. The lowest BCUT2D eigenvalue weighted by atomic mass is 10.3. The Morgan fingerprint density at radius 2 is 2.12 bits per heavy atom. The lowest BCUT2D eigenvalue weighted by Crippen LogP contribution is -2.13. The fourth-order valence-electron chi connectivity index (χ4n) is 1.50. The number of fused-ring (bicyclic) bond motifs is 1. The van der Waals surface area contributed by atoms with Crippen LogP contribution >= 0.6 is 0 Å². The SMILES string of the molecule is CC(C)OCCNc1ccc2c(c1)OCO2. The van der Waals surface area contributed by atoms with Crippen molar-refractivity contribution in [2.75, 3.05) is 25.3 Å². The number of anilines is 1. The van der Waals surface area contributed by atoms with Gasteiger partial charge in [0.15, 0.2) is 11.5 Å². The number of benzene rings is 1. The number of hydrogen-bond donors (Lipinski definition) is 1. The third kappa shape index (κ3) is 2.79. The molecule has 0 aromatic heterocycles. The van der Waals surface area contributed by atoms with Crippen molar-refractivity contribution in [3.63, 3.8) is 0 Å². The first-order valence-corrected chi connectivity index (χ1v) is 5.51. The fourth-order valence-corrected chi connectivity index (χ4v) is 1.50. The van der Waals surface area contributed by atoms with Crippen LogP contribution in [0, 0.1) is 0 Å². The minimum atomic E-state index is 0.276. The van der Waals surface area contributed by atoms with Gasteiger partial charge in [-0.05, 0) is 26.0 Å². The van der Waals surface area contributed by atoms with Crippen LogP contribution in [0.2, 0.25) is 0 Å². The van der Waals surface area contributed by atoms with Crippen LogP contribution in [-0.2, 0) is 4.74 Å². The highest BCUT2D eigenvalue weighted by Crippen LogP contribution is 2.34. The fraction of sp³-hybridized carbons (Fsp3) is 0.500. The van der Waals surface area contributed by atoms with Crippen molar-refractivity contribution < 1.29 is 14.2 Å². The van der Waals surface area contributed by atoms with E-state index in [4.69, 9.17) is 14.2 Å². The van der Waals surface area contributed by atoms with Crippen molar-refractivity contribution in [3.05, 3.63) is 18.2 Å². The largest absolute Gasteiger partial charge is 0.454 e. The van der Waals surface area contributed by atoms with Gasteiger partial charge >= 0.3 is 0 Å². The Morgan fingerprint density at radius 3 is 2.94 bits per heavy atom. The van der Waals surface area contributed by atoms with Crippen LogP contribution in [0.5, 0.6) is 11.5 Å². The summed E-state index contributed by atoms with van der Waals surface area (Å²) in [5.41, 5.74) is 1.02. The second-order valence-corrected chi connectivity index (χ2v) is 3.91. The van der Waals surface area contributed by atoms with Crippen molar-refractivity contribution in [3.8, 4) is 11.5 Å². The molecule has 1 heterocycles. The Morgan fingerprint density at radius 1 is 1.31 bits per heavy atom. The van der Waals surface area contributed by atoms with Crippen molar-refractivity contribution >= 4 is 5.69 Å². The van der Waals surface area contributed by atoms with Gasteiger partial charge in [0, 0.05) is 18.3 Å². The third-order valence-electron chi connectivity index (χ3n) is 2.25. The predicted octanol–water partition coefficient (Wildman–Crippen LogP) is 2.25. The maximum Gasteiger partial charge on any atom is 0.231 e. The van der Waals surface area contributed by atoms with E-state index in [2.05, 4.69) is 5.32 Å². The maximum absolute atomic E-state index is 5.44. The van der Waals surface area contributed by atoms with Gasteiger partial charge in [-0.25, -0.2) is 0 Å². The Bertz CT molecular complexity index is 352. The van der Waals surface area contributed by atoms with E-state index in [1.165, 1.54) is 0 Å². The highest BCUT2D eigenvalue weighted by Gasteiger charge is 2.12. The zero-order valence-electron chi connectivity index (χ0n) is 9.66. The Balaban J connectivity index is 1.81. The topological polar surface area (TPSA) is 39.7 Å². The summed E-state index contributed by atoms with van der Waals surface area (Å²) in [6.45, 7) is 5.86.